The lowest BCUT2D eigenvalue weighted by Gasteiger charge is -2.26. The number of benzene rings is 1. The van der Waals surface area contributed by atoms with Crippen LogP contribution in [0.4, 0.5) is 0 Å². The Morgan fingerprint density at radius 3 is 2.52 bits per heavy atom. The molecule has 0 aromatic heterocycles. The van der Waals surface area contributed by atoms with Crippen molar-refractivity contribution in [2.24, 2.45) is 5.92 Å². The van der Waals surface area contributed by atoms with Gasteiger partial charge in [-0.25, -0.2) is 4.79 Å². The number of nitrogens with zero attached hydrogens (tertiary/aromatic N) is 1. The number of rotatable bonds is 5. The molecule has 2 rings (SSSR count). The number of carboxylic acids is 1. The second kappa shape index (κ2) is 7.57. The van der Waals surface area contributed by atoms with E-state index in [0.717, 1.165) is 17.3 Å². The molecule has 1 heterocycles. The molecular formula is C17H17NO3S2. The van der Waals surface area contributed by atoms with Gasteiger partial charge in [-0.3, -0.25) is 9.69 Å². The highest BCUT2D eigenvalue weighted by atomic mass is 32.2. The monoisotopic (exact) mass is 347 g/mol. The first-order valence-corrected chi connectivity index (χ1v) is 8.36. The fraction of sp³-hybridized carbons (Fsp3) is 0.235. The van der Waals surface area contributed by atoms with E-state index in [4.69, 9.17) is 12.2 Å². The molecule has 0 aliphatic carbocycles. The first-order chi connectivity index (χ1) is 10.9. The summed E-state index contributed by atoms with van der Waals surface area (Å²) in [6, 6.07) is 8.76. The van der Waals surface area contributed by atoms with Gasteiger partial charge in [-0.05, 0) is 17.6 Å². The molecule has 1 aliphatic rings. The van der Waals surface area contributed by atoms with Crippen LogP contribution in [0.15, 0.2) is 47.4 Å². The lowest BCUT2D eigenvalue weighted by atomic mass is 10.0. The van der Waals surface area contributed by atoms with E-state index in [1.807, 2.05) is 36.4 Å². The number of thiocarbonyl (C=S) groups is 1. The van der Waals surface area contributed by atoms with Crippen LogP contribution in [0.5, 0.6) is 0 Å². The Labute approximate surface area is 144 Å². The smallest absolute Gasteiger partial charge is 0.327 e. The summed E-state index contributed by atoms with van der Waals surface area (Å²) in [4.78, 5) is 25.5. The van der Waals surface area contributed by atoms with E-state index in [0.29, 0.717) is 4.91 Å². The second-order valence-electron chi connectivity index (χ2n) is 5.37. The van der Waals surface area contributed by atoms with E-state index >= 15 is 0 Å². The van der Waals surface area contributed by atoms with Crippen molar-refractivity contribution in [3.63, 3.8) is 0 Å². The lowest BCUT2D eigenvalue weighted by Crippen LogP contribution is -2.47. The van der Waals surface area contributed by atoms with Gasteiger partial charge in [0.2, 0.25) is 0 Å². The molecule has 23 heavy (non-hydrogen) atoms. The number of allylic oxidation sites excluding steroid dienone is 2. The van der Waals surface area contributed by atoms with E-state index in [-0.39, 0.29) is 16.1 Å². The highest BCUT2D eigenvalue weighted by molar-refractivity contribution is 8.26. The summed E-state index contributed by atoms with van der Waals surface area (Å²) in [6.07, 6.45) is 5.32. The number of hydrogen-bond acceptors (Lipinski definition) is 4. The van der Waals surface area contributed by atoms with Crippen LogP contribution in [0.3, 0.4) is 0 Å². The van der Waals surface area contributed by atoms with Gasteiger partial charge in [0.25, 0.3) is 5.91 Å². The largest absolute Gasteiger partial charge is 0.480 e. The summed E-state index contributed by atoms with van der Waals surface area (Å²) in [5, 5.41) is 9.35. The number of hydrogen-bond donors (Lipinski definition) is 1. The molecule has 0 bridgehead atoms. The Morgan fingerprint density at radius 2 is 1.96 bits per heavy atom. The third-order valence-corrected chi connectivity index (χ3v) is 4.67. The van der Waals surface area contributed by atoms with Crippen molar-refractivity contribution in [1.82, 2.24) is 4.90 Å². The molecule has 1 aromatic carbocycles. The van der Waals surface area contributed by atoms with Crippen molar-refractivity contribution in [3.05, 3.63) is 53.0 Å². The van der Waals surface area contributed by atoms with Crippen LogP contribution >= 0.6 is 24.0 Å². The fourth-order valence-electron chi connectivity index (χ4n) is 2.24. The minimum absolute atomic E-state index is 0.228. The molecular weight excluding hydrogens is 330 g/mol. The van der Waals surface area contributed by atoms with Gasteiger partial charge in [0.05, 0.1) is 4.91 Å². The Hall–Kier alpha value is -1.92. The van der Waals surface area contributed by atoms with E-state index < -0.39 is 12.0 Å². The summed E-state index contributed by atoms with van der Waals surface area (Å²) in [6.45, 7) is 3.52. The van der Waals surface area contributed by atoms with Crippen LogP contribution in [0.2, 0.25) is 0 Å². The third kappa shape index (κ3) is 4.09. The van der Waals surface area contributed by atoms with Crippen LogP contribution in [-0.2, 0) is 9.59 Å². The molecule has 1 amide bonds. The number of carbonyl (C=O) groups is 2. The van der Waals surface area contributed by atoms with Gasteiger partial charge in [-0.1, -0.05) is 80.3 Å². The summed E-state index contributed by atoms with van der Waals surface area (Å²) >= 11 is 6.33. The topological polar surface area (TPSA) is 57.6 Å². The van der Waals surface area contributed by atoms with Crippen molar-refractivity contribution < 1.29 is 14.7 Å². The van der Waals surface area contributed by atoms with Gasteiger partial charge < -0.3 is 5.11 Å². The molecule has 0 saturated carbocycles. The van der Waals surface area contributed by atoms with Crippen LogP contribution in [-0.4, -0.2) is 32.2 Å². The Balaban J connectivity index is 2.19. The molecule has 120 valence electrons. The van der Waals surface area contributed by atoms with Gasteiger partial charge in [0.1, 0.15) is 10.4 Å². The predicted molar refractivity (Wildman–Crippen MR) is 96.9 cm³/mol. The highest BCUT2D eigenvalue weighted by Gasteiger charge is 2.41. The standard InChI is InChI=1S/C17H17NO3S2/c1-11(2)14(16(20)21)18-15(19)13(23-17(18)22)10-6-9-12-7-4-3-5-8-12/h3-11,14H,1-2H3,(H,20,21)/b9-6+,13-10-/t14-/m1/s1. The molecule has 1 saturated heterocycles. The molecule has 0 unspecified atom stereocenters. The zero-order chi connectivity index (χ0) is 17.0. The Kier molecular flexibility index (Phi) is 5.74. The van der Waals surface area contributed by atoms with Crippen LogP contribution < -0.4 is 0 Å². The SMILES string of the molecule is CC(C)[C@H](C(=O)O)N1C(=O)/C(=C/C=C/c2ccccc2)SC1=S. The van der Waals surface area contributed by atoms with Crippen LogP contribution in [0.1, 0.15) is 19.4 Å². The molecule has 1 N–H and O–H groups in total. The second-order valence-corrected chi connectivity index (χ2v) is 7.05. The van der Waals surface area contributed by atoms with Crippen molar-refractivity contribution >= 4 is 46.3 Å². The lowest BCUT2D eigenvalue weighted by molar-refractivity contribution is -0.146. The molecule has 6 heteroatoms. The van der Waals surface area contributed by atoms with Crippen molar-refractivity contribution in [1.29, 1.82) is 0 Å². The number of aliphatic carboxylic acids is 1. The van der Waals surface area contributed by atoms with Crippen LogP contribution in [0.25, 0.3) is 6.08 Å². The average Bonchev–Trinajstić information content (AvgIpc) is 2.76. The number of carbonyl (C=O) groups excluding carboxylic acids is 1. The number of amides is 1. The maximum Gasteiger partial charge on any atom is 0.327 e. The molecule has 0 radical (unpaired) electrons. The molecule has 1 fully saturated rings. The molecule has 1 aliphatic heterocycles. The van der Waals surface area contributed by atoms with Crippen molar-refractivity contribution in [3.8, 4) is 0 Å². The predicted octanol–water partition coefficient (Wildman–Crippen LogP) is 3.55. The van der Waals surface area contributed by atoms with E-state index in [2.05, 4.69) is 0 Å². The zero-order valence-corrected chi connectivity index (χ0v) is 14.4. The summed E-state index contributed by atoms with van der Waals surface area (Å²) in [5.41, 5.74) is 1.02. The number of thioether (sulfide) groups is 1. The molecule has 0 spiro atoms. The fourth-order valence-corrected chi connectivity index (χ4v) is 3.52. The first kappa shape index (κ1) is 17.4. The van der Waals surface area contributed by atoms with Gasteiger partial charge in [-0.2, -0.15) is 0 Å². The van der Waals surface area contributed by atoms with Gasteiger partial charge in [-0.15, -0.1) is 0 Å². The van der Waals surface area contributed by atoms with Crippen molar-refractivity contribution in [2.75, 3.05) is 0 Å². The Morgan fingerprint density at radius 1 is 1.30 bits per heavy atom. The maximum absolute atomic E-state index is 12.5. The maximum atomic E-state index is 12.5. The van der Waals surface area contributed by atoms with E-state index in [1.54, 1.807) is 26.0 Å². The summed E-state index contributed by atoms with van der Waals surface area (Å²) < 4.78 is 0.287. The number of carboxylic acid groups (broad SMARTS) is 1. The van der Waals surface area contributed by atoms with E-state index in [1.165, 1.54) is 4.90 Å². The minimum atomic E-state index is -1.04. The van der Waals surface area contributed by atoms with Gasteiger partial charge in [0, 0.05) is 0 Å². The molecule has 4 nitrogen and oxygen atoms in total. The normalized spacial score (nSPS) is 18.4. The van der Waals surface area contributed by atoms with Crippen molar-refractivity contribution in [2.45, 2.75) is 19.9 Å². The summed E-state index contributed by atoms with van der Waals surface area (Å²) in [5.74, 6) is -1.62. The average molecular weight is 347 g/mol. The highest BCUT2D eigenvalue weighted by Crippen LogP contribution is 2.34. The molecule has 1 aromatic rings. The quantitative estimate of drug-likeness (QED) is 0.652. The van der Waals surface area contributed by atoms with Gasteiger partial charge in [0.15, 0.2) is 0 Å². The first-order valence-electron chi connectivity index (χ1n) is 7.13. The zero-order valence-electron chi connectivity index (χ0n) is 12.8. The summed E-state index contributed by atoms with van der Waals surface area (Å²) in [7, 11) is 0. The third-order valence-electron chi connectivity index (χ3n) is 3.32. The van der Waals surface area contributed by atoms with Crippen LogP contribution in [0, 0.1) is 5.92 Å². The Bertz CT molecular complexity index is 680. The van der Waals surface area contributed by atoms with E-state index in [9.17, 15) is 14.7 Å². The minimum Gasteiger partial charge on any atom is -0.480 e. The van der Waals surface area contributed by atoms with Gasteiger partial charge >= 0.3 is 5.97 Å². The molecule has 1 atom stereocenters.